The van der Waals surface area contributed by atoms with Crippen molar-refractivity contribution >= 4 is 11.8 Å². The molecule has 0 aliphatic rings. The lowest BCUT2D eigenvalue weighted by Crippen LogP contribution is -2.21. The van der Waals surface area contributed by atoms with Crippen molar-refractivity contribution in [2.24, 2.45) is 0 Å². The highest BCUT2D eigenvalue weighted by molar-refractivity contribution is 5.64. The summed E-state index contributed by atoms with van der Waals surface area (Å²) in [5.41, 5.74) is 0.666. The molecule has 0 aromatic heterocycles. The minimum atomic E-state index is -0.812. The molecule has 7 heteroatoms. The highest BCUT2D eigenvalue weighted by Gasteiger charge is 2.19. The highest BCUT2D eigenvalue weighted by Crippen LogP contribution is 2.25. The van der Waals surface area contributed by atoms with Crippen molar-refractivity contribution in [2.45, 2.75) is 12.5 Å². The number of hydrogen-bond donors (Lipinski definition) is 0. The maximum Gasteiger partial charge on any atom is 0.514 e. The number of carbonyl (C=O) groups is 1. The second kappa shape index (κ2) is 8.79. The van der Waals surface area contributed by atoms with Crippen LogP contribution in [0.4, 0.5) is 10.5 Å². The summed E-state index contributed by atoms with van der Waals surface area (Å²) < 4.78 is 10.6. The van der Waals surface area contributed by atoms with E-state index in [9.17, 15) is 14.9 Å². The van der Waals surface area contributed by atoms with E-state index in [1.165, 1.54) is 12.1 Å². The zero-order valence-corrected chi connectivity index (χ0v) is 14.1. The summed E-state index contributed by atoms with van der Waals surface area (Å²) in [6.07, 6.45) is -0.831. The van der Waals surface area contributed by atoms with Gasteiger partial charge in [-0.15, -0.1) is 0 Å². The molecule has 1 atom stereocenters. The molecule has 0 aliphatic carbocycles. The number of nitro benzene ring substituents is 1. The minimum Gasteiger partial charge on any atom is -0.426 e. The van der Waals surface area contributed by atoms with Gasteiger partial charge < -0.3 is 14.4 Å². The van der Waals surface area contributed by atoms with Crippen LogP contribution in [0.25, 0.3) is 0 Å². The topological polar surface area (TPSA) is 81.9 Å². The van der Waals surface area contributed by atoms with E-state index in [4.69, 9.17) is 9.47 Å². The Bertz CT molecular complexity index is 701. The van der Waals surface area contributed by atoms with E-state index in [0.29, 0.717) is 24.3 Å². The molecule has 0 amide bonds. The van der Waals surface area contributed by atoms with Crippen molar-refractivity contribution in [1.29, 1.82) is 0 Å². The number of nitro groups is 1. The predicted octanol–water partition coefficient (Wildman–Crippen LogP) is 3.80. The summed E-state index contributed by atoms with van der Waals surface area (Å²) in [5.74, 6) is 0.391. The molecule has 0 radical (unpaired) electrons. The van der Waals surface area contributed by atoms with Gasteiger partial charge in [0.05, 0.1) is 4.92 Å². The van der Waals surface area contributed by atoms with Crippen molar-refractivity contribution < 1.29 is 19.2 Å². The molecule has 0 N–H and O–H groups in total. The van der Waals surface area contributed by atoms with Crippen molar-refractivity contribution in [1.82, 2.24) is 4.90 Å². The van der Waals surface area contributed by atoms with Crippen molar-refractivity contribution in [3.63, 3.8) is 0 Å². The van der Waals surface area contributed by atoms with Crippen LogP contribution in [0.2, 0.25) is 0 Å². The summed E-state index contributed by atoms with van der Waals surface area (Å²) in [6.45, 7) is 0.681. The Morgan fingerprint density at radius 2 is 1.76 bits per heavy atom. The number of nitrogens with zero attached hydrogens (tertiary/aromatic N) is 2. The Labute approximate surface area is 145 Å². The van der Waals surface area contributed by atoms with Crippen LogP contribution in [-0.4, -0.2) is 36.6 Å². The van der Waals surface area contributed by atoms with Crippen LogP contribution in [0.5, 0.6) is 5.75 Å². The van der Waals surface area contributed by atoms with Crippen LogP contribution in [-0.2, 0) is 4.74 Å². The molecule has 7 nitrogen and oxygen atoms in total. The van der Waals surface area contributed by atoms with Crippen molar-refractivity contribution in [2.75, 3.05) is 20.6 Å². The first-order valence-corrected chi connectivity index (χ1v) is 7.78. The van der Waals surface area contributed by atoms with Gasteiger partial charge in [0, 0.05) is 25.1 Å². The van der Waals surface area contributed by atoms with E-state index in [2.05, 4.69) is 0 Å². The summed E-state index contributed by atoms with van der Waals surface area (Å²) in [4.78, 5) is 24.3. The molecule has 0 spiro atoms. The van der Waals surface area contributed by atoms with Crippen LogP contribution in [0, 0.1) is 10.1 Å². The maximum absolute atomic E-state index is 12.0. The molecule has 0 aliphatic heterocycles. The lowest BCUT2D eigenvalue weighted by molar-refractivity contribution is -0.384. The van der Waals surface area contributed by atoms with Crippen molar-refractivity contribution in [3.05, 3.63) is 70.3 Å². The average molecular weight is 344 g/mol. The van der Waals surface area contributed by atoms with E-state index in [1.807, 2.05) is 25.1 Å². The third-order valence-electron chi connectivity index (χ3n) is 3.50. The monoisotopic (exact) mass is 344 g/mol. The zero-order valence-electron chi connectivity index (χ0n) is 14.1. The number of hydrogen-bond acceptors (Lipinski definition) is 6. The van der Waals surface area contributed by atoms with Crippen LogP contribution in [0.15, 0.2) is 54.6 Å². The molecular formula is C18H20N2O5. The maximum atomic E-state index is 12.0. The van der Waals surface area contributed by atoms with E-state index in [0.717, 1.165) is 0 Å². The van der Waals surface area contributed by atoms with E-state index in [1.54, 1.807) is 36.4 Å². The summed E-state index contributed by atoms with van der Waals surface area (Å²) in [5, 5.41) is 10.8. The fourth-order valence-electron chi connectivity index (χ4n) is 2.20. The third-order valence-corrected chi connectivity index (χ3v) is 3.50. The molecule has 0 fully saturated rings. The van der Waals surface area contributed by atoms with Gasteiger partial charge in [-0.25, -0.2) is 4.79 Å². The number of ether oxygens (including phenoxy) is 2. The second-order valence-electron chi connectivity index (χ2n) is 5.71. The number of benzene rings is 2. The van der Waals surface area contributed by atoms with Gasteiger partial charge in [0.15, 0.2) is 0 Å². The largest absolute Gasteiger partial charge is 0.514 e. The molecule has 25 heavy (non-hydrogen) atoms. The fourth-order valence-corrected chi connectivity index (χ4v) is 2.20. The smallest absolute Gasteiger partial charge is 0.426 e. The molecular weight excluding hydrogens is 324 g/mol. The number of para-hydroxylation sites is 1. The molecule has 0 bridgehead atoms. The Morgan fingerprint density at radius 1 is 1.12 bits per heavy atom. The van der Waals surface area contributed by atoms with Crippen LogP contribution >= 0.6 is 0 Å². The van der Waals surface area contributed by atoms with Crippen LogP contribution in [0.1, 0.15) is 18.1 Å². The first-order valence-electron chi connectivity index (χ1n) is 7.78. The predicted molar refractivity (Wildman–Crippen MR) is 92.6 cm³/mol. The lowest BCUT2D eigenvalue weighted by atomic mass is 10.1. The van der Waals surface area contributed by atoms with Crippen LogP contribution in [0.3, 0.4) is 0 Å². The van der Waals surface area contributed by atoms with Gasteiger partial charge in [0.1, 0.15) is 11.9 Å². The standard InChI is InChI=1S/C18H20N2O5/c1-19(2)13-12-17(14-8-10-15(11-9-14)20(22)23)25-18(21)24-16-6-4-3-5-7-16/h3-11,17H,12-13H2,1-2H3. The Balaban J connectivity index is 2.09. The number of carbonyl (C=O) groups excluding carboxylic acids is 1. The lowest BCUT2D eigenvalue weighted by Gasteiger charge is -2.20. The molecule has 0 saturated carbocycles. The molecule has 2 rings (SSSR count). The Morgan fingerprint density at radius 3 is 2.32 bits per heavy atom. The van der Waals surface area contributed by atoms with E-state index < -0.39 is 17.2 Å². The minimum absolute atomic E-state index is 0.0121. The summed E-state index contributed by atoms with van der Waals surface area (Å²) in [6, 6.07) is 14.6. The summed E-state index contributed by atoms with van der Waals surface area (Å²) in [7, 11) is 3.82. The van der Waals surface area contributed by atoms with Gasteiger partial charge >= 0.3 is 6.16 Å². The van der Waals surface area contributed by atoms with Gasteiger partial charge in [0.25, 0.3) is 5.69 Å². The van der Waals surface area contributed by atoms with Crippen molar-refractivity contribution in [3.8, 4) is 5.75 Å². The molecule has 2 aromatic carbocycles. The quantitative estimate of drug-likeness (QED) is 0.329. The number of non-ortho nitro benzene ring substituents is 1. The van der Waals surface area contributed by atoms with E-state index >= 15 is 0 Å². The first kappa shape index (κ1) is 18.4. The molecule has 0 heterocycles. The summed E-state index contributed by atoms with van der Waals surface area (Å²) >= 11 is 0. The van der Waals surface area contributed by atoms with Gasteiger partial charge in [-0.3, -0.25) is 10.1 Å². The highest BCUT2D eigenvalue weighted by atomic mass is 16.7. The van der Waals surface area contributed by atoms with Crippen LogP contribution < -0.4 is 4.74 Å². The Kier molecular flexibility index (Phi) is 6.47. The zero-order chi connectivity index (χ0) is 18.2. The second-order valence-corrected chi connectivity index (χ2v) is 5.71. The van der Waals surface area contributed by atoms with Gasteiger partial charge in [0.2, 0.25) is 0 Å². The number of rotatable bonds is 7. The SMILES string of the molecule is CN(C)CCC(OC(=O)Oc1ccccc1)c1ccc([N+](=O)[O-])cc1. The fraction of sp³-hybridized carbons (Fsp3) is 0.278. The van der Waals surface area contributed by atoms with Gasteiger partial charge in [-0.05, 0) is 43.9 Å². The molecule has 0 saturated heterocycles. The molecule has 2 aromatic rings. The van der Waals surface area contributed by atoms with E-state index in [-0.39, 0.29) is 5.69 Å². The third kappa shape index (κ3) is 5.89. The normalized spacial score (nSPS) is 11.8. The molecule has 1 unspecified atom stereocenters. The van der Waals surface area contributed by atoms with Gasteiger partial charge in [-0.1, -0.05) is 18.2 Å². The molecule has 132 valence electrons. The Hall–Kier alpha value is -2.93. The average Bonchev–Trinajstić information content (AvgIpc) is 2.59. The first-order chi connectivity index (χ1) is 12.0. The van der Waals surface area contributed by atoms with Gasteiger partial charge in [-0.2, -0.15) is 0 Å².